The number of aryl methyl sites for hydroxylation is 1. The van der Waals surface area contributed by atoms with E-state index in [-0.39, 0.29) is 0 Å². The molecule has 3 rings (SSSR count). The second kappa shape index (κ2) is 6.22. The third-order valence-corrected chi connectivity index (χ3v) is 4.21. The Hall–Kier alpha value is -1.94. The van der Waals surface area contributed by atoms with E-state index in [4.69, 9.17) is 10.7 Å². The van der Waals surface area contributed by atoms with Gasteiger partial charge in [0.15, 0.2) is 0 Å². The molecule has 0 radical (unpaired) electrons. The summed E-state index contributed by atoms with van der Waals surface area (Å²) in [5.74, 6) is 0.822. The number of benzene rings is 1. The van der Waals surface area contributed by atoms with Gasteiger partial charge in [0, 0.05) is 30.9 Å². The molecule has 1 saturated heterocycles. The van der Waals surface area contributed by atoms with Crippen molar-refractivity contribution in [2.75, 3.05) is 18.0 Å². The van der Waals surface area contributed by atoms with Gasteiger partial charge in [0.1, 0.15) is 0 Å². The Bertz CT molecular complexity index is 597. The maximum Gasteiger partial charge on any atom is 0.225 e. The number of aromatic nitrogens is 2. The van der Waals surface area contributed by atoms with E-state index in [1.54, 1.807) is 0 Å². The monoisotopic (exact) mass is 282 g/mol. The van der Waals surface area contributed by atoms with Gasteiger partial charge in [-0.25, -0.2) is 9.97 Å². The summed E-state index contributed by atoms with van der Waals surface area (Å²) in [4.78, 5) is 11.6. The number of hydrogen-bond donors (Lipinski definition) is 1. The van der Waals surface area contributed by atoms with Gasteiger partial charge in [-0.2, -0.15) is 0 Å². The first-order chi connectivity index (χ1) is 10.3. The average Bonchev–Trinajstić information content (AvgIpc) is 2.55. The average molecular weight is 282 g/mol. The summed E-state index contributed by atoms with van der Waals surface area (Å²) in [5.41, 5.74) is 9.17. The fraction of sp³-hybridized carbons (Fsp3) is 0.412. The first-order valence-electron chi connectivity index (χ1n) is 7.65. The first-order valence-corrected chi connectivity index (χ1v) is 7.65. The highest BCUT2D eigenvalue weighted by Gasteiger charge is 2.23. The van der Waals surface area contributed by atoms with E-state index < -0.39 is 0 Å². The van der Waals surface area contributed by atoms with Crippen molar-refractivity contribution >= 4 is 5.95 Å². The van der Waals surface area contributed by atoms with Gasteiger partial charge in [-0.05, 0) is 31.7 Å². The van der Waals surface area contributed by atoms with Gasteiger partial charge in [0.2, 0.25) is 5.95 Å². The third kappa shape index (κ3) is 2.90. The zero-order chi connectivity index (χ0) is 14.7. The molecule has 1 aromatic heterocycles. The van der Waals surface area contributed by atoms with Gasteiger partial charge < -0.3 is 10.6 Å². The van der Waals surface area contributed by atoms with Crippen molar-refractivity contribution in [3.8, 4) is 11.1 Å². The Balaban J connectivity index is 1.90. The number of nitrogens with zero attached hydrogens (tertiary/aromatic N) is 3. The lowest BCUT2D eigenvalue weighted by Crippen LogP contribution is -2.45. The van der Waals surface area contributed by atoms with E-state index in [9.17, 15) is 0 Å². The van der Waals surface area contributed by atoms with Gasteiger partial charge in [-0.15, -0.1) is 0 Å². The van der Waals surface area contributed by atoms with E-state index in [2.05, 4.69) is 28.9 Å². The summed E-state index contributed by atoms with van der Waals surface area (Å²) in [7, 11) is 0. The number of hydrogen-bond acceptors (Lipinski definition) is 4. The molecule has 1 unspecified atom stereocenters. The second-order valence-corrected chi connectivity index (χ2v) is 5.61. The number of anilines is 1. The minimum absolute atomic E-state index is 0.376. The largest absolute Gasteiger partial charge is 0.337 e. The molecule has 0 amide bonds. The highest BCUT2D eigenvalue weighted by molar-refractivity contribution is 5.65. The van der Waals surface area contributed by atoms with Crippen LogP contribution in [0.1, 0.15) is 25.0 Å². The molecule has 0 spiro atoms. The predicted molar refractivity (Wildman–Crippen MR) is 86.2 cm³/mol. The summed E-state index contributed by atoms with van der Waals surface area (Å²) in [6.07, 6.45) is 5.52. The molecule has 0 aliphatic carbocycles. The van der Waals surface area contributed by atoms with Gasteiger partial charge in [0.05, 0.1) is 5.69 Å². The number of piperidine rings is 1. The van der Waals surface area contributed by atoms with Crippen LogP contribution in [-0.2, 0) is 0 Å². The Kier molecular flexibility index (Phi) is 4.15. The summed E-state index contributed by atoms with van der Waals surface area (Å²) < 4.78 is 0. The van der Waals surface area contributed by atoms with E-state index in [1.165, 1.54) is 12.8 Å². The minimum atomic E-state index is 0.376. The molecule has 2 N–H and O–H groups in total. The van der Waals surface area contributed by atoms with E-state index in [0.717, 1.165) is 35.7 Å². The third-order valence-electron chi connectivity index (χ3n) is 4.21. The van der Waals surface area contributed by atoms with Crippen molar-refractivity contribution in [1.29, 1.82) is 0 Å². The molecule has 2 heterocycles. The number of nitrogens with two attached hydrogens (primary N) is 1. The number of rotatable bonds is 3. The van der Waals surface area contributed by atoms with Gasteiger partial charge >= 0.3 is 0 Å². The Morgan fingerprint density at radius 1 is 1.24 bits per heavy atom. The lowest BCUT2D eigenvalue weighted by atomic mass is 10.0. The van der Waals surface area contributed by atoms with Crippen molar-refractivity contribution in [2.24, 2.45) is 5.73 Å². The van der Waals surface area contributed by atoms with Crippen LogP contribution in [0.2, 0.25) is 0 Å². The molecule has 1 aromatic carbocycles. The van der Waals surface area contributed by atoms with Crippen LogP contribution in [0.5, 0.6) is 0 Å². The fourth-order valence-corrected chi connectivity index (χ4v) is 3.00. The normalized spacial score (nSPS) is 18.8. The highest BCUT2D eigenvalue weighted by Crippen LogP contribution is 2.25. The summed E-state index contributed by atoms with van der Waals surface area (Å²) >= 11 is 0. The second-order valence-electron chi connectivity index (χ2n) is 5.61. The zero-order valence-electron chi connectivity index (χ0n) is 12.5. The van der Waals surface area contributed by atoms with E-state index in [0.29, 0.717) is 12.6 Å². The molecular formula is C17H22N4. The Morgan fingerprint density at radius 3 is 2.76 bits per heavy atom. The summed E-state index contributed by atoms with van der Waals surface area (Å²) in [6.45, 7) is 3.73. The molecule has 1 aliphatic heterocycles. The molecule has 4 nitrogen and oxygen atoms in total. The first kappa shape index (κ1) is 14.0. The van der Waals surface area contributed by atoms with E-state index >= 15 is 0 Å². The van der Waals surface area contributed by atoms with Crippen LogP contribution in [0, 0.1) is 6.92 Å². The summed E-state index contributed by atoms with van der Waals surface area (Å²) in [5, 5.41) is 0. The predicted octanol–water partition coefficient (Wildman–Crippen LogP) is 2.77. The molecule has 1 atom stereocenters. The van der Waals surface area contributed by atoms with Crippen molar-refractivity contribution in [1.82, 2.24) is 9.97 Å². The summed E-state index contributed by atoms with van der Waals surface area (Å²) in [6, 6.07) is 10.7. The smallest absolute Gasteiger partial charge is 0.225 e. The van der Waals surface area contributed by atoms with Crippen molar-refractivity contribution in [2.45, 2.75) is 32.2 Å². The lowest BCUT2D eigenvalue weighted by molar-refractivity contribution is 0.458. The molecule has 0 saturated carbocycles. The minimum Gasteiger partial charge on any atom is -0.337 e. The maximum atomic E-state index is 5.89. The van der Waals surface area contributed by atoms with Crippen molar-refractivity contribution < 1.29 is 0 Å². The van der Waals surface area contributed by atoms with Crippen LogP contribution in [-0.4, -0.2) is 29.1 Å². The SMILES string of the molecule is Cc1nc(N2CCCCC2CN)ncc1-c1ccccc1. The van der Waals surface area contributed by atoms with Crippen LogP contribution in [0.25, 0.3) is 11.1 Å². The van der Waals surface area contributed by atoms with Crippen LogP contribution < -0.4 is 10.6 Å². The molecule has 1 fully saturated rings. The van der Waals surface area contributed by atoms with Crippen LogP contribution in [0.15, 0.2) is 36.5 Å². The van der Waals surface area contributed by atoms with Crippen LogP contribution >= 0.6 is 0 Å². The quantitative estimate of drug-likeness (QED) is 0.940. The molecule has 1 aliphatic rings. The van der Waals surface area contributed by atoms with Crippen molar-refractivity contribution in [3.63, 3.8) is 0 Å². The maximum absolute atomic E-state index is 5.89. The molecule has 4 heteroatoms. The fourth-order valence-electron chi connectivity index (χ4n) is 3.00. The van der Waals surface area contributed by atoms with Crippen LogP contribution in [0.3, 0.4) is 0 Å². The van der Waals surface area contributed by atoms with Gasteiger partial charge in [-0.1, -0.05) is 30.3 Å². The molecular weight excluding hydrogens is 260 g/mol. The lowest BCUT2D eigenvalue weighted by Gasteiger charge is -2.35. The Labute approximate surface area is 126 Å². The Morgan fingerprint density at radius 2 is 2.05 bits per heavy atom. The van der Waals surface area contributed by atoms with Gasteiger partial charge in [0.25, 0.3) is 0 Å². The molecule has 2 aromatic rings. The highest BCUT2D eigenvalue weighted by atomic mass is 15.3. The topological polar surface area (TPSA) is 55.0 Å². The standard InChI is InChI=1S/C17H22N4/c1-13-16(14-7-3-2-4-8-14)12-19-17(20-13)21-10-6-5-9-15(21)11-18/h2-4,7-8,12,15H,5-6,9-11,18H2,1H3. The van der Waals surface area contributed by atoms with E-state index in [1.807, 2.05) is 24.4 Å². The molecule has 110 valence electrons. The molecule has 21 heavy (non-hydrogen) atoms. The van der Waals surface area contributed by atoms with Gasteiger partial charge in [-0.3, -0.25) is 0 Å². The van der Waals surface area contributed by atoms with Crippen molar-refractivity contribution in [3.05, 3.63) is 42.2 Å². The molecule has 0 bridgehead atoms. The van der Waals surface area contributed by atoms with Crippen LogP contribution in [0.4, 0.5) is 5.95 Å². The zero-order valence-corrected chi connectivity index (χ0v) is 12.5.